The second kappa shape index (κ2) is 2.74. The molecule has 0 bridgehead atoms. The Morgan fingerprint density at radius 3 is 3.20 bits per heavy atom. The van der Waals surface area contributed by atoms with Crippen LogP contribution in [0.5, 0.6) is 0 Å². The summed E-state index contributed by atoms with van der Waals surface area (Å²) in [5.41, 5.74) is 6.89. The second-order valence-corrected chi connectivity index (χ2v) is 2.89. The molecule has 0 aliphatic carbocycles. The summed E-state index contributed by atoms with van der Waals surface area (Å²) in [5.74, 6) is 0.563. The van der Waals surface area contributed by atoms with Gasteiger partial charge in [-0.25, -0.2) is 0 Å². The quantitative estimate of drug-likeness (QED) is 0.521. The Hall–Kier alpha value is -2.51. The molecule has 15 heavy (non-hydrogen) atoms. The highest BCUT2D eigenvalue weighted by molar-refractivity contribution is 5.65. The fourth-order valence-electron chi connectivity index (χ4n) is 1.37. The van der Waals surface area contributed by atoms with E-state index in [1.807, 2.05) is 0 Å². The van der Waals surface area contributed by atoms with Gasteiger partial charge in [-0.3, -0.25) is 16.3 Å². The SMILES string of the molecule is N=c1nnccc2c1NNc1ncnn1-2. The number of fused-ring (bicyclic) bond motifs is 3. The van der Waals surface area contributed by atoms with Crippen LogP contribution in [0.3, 0.4) is 0 Å². The zero-order chi connectivity index (χ0) is 10.3. The number of nitrogens with one attached hydrogen (secondary N) is 3. The van der Waals surface area contributed by atoms with E-state index in [0.717, 1.165) is 0 Å². The third-order valence-electron chi connectivity index (χ3n) is 2.02. The van der Waals surface area contributed by atoms with E-state index in [0.29, 0.717) is 17.3 Å². The van der Waals surface area contributed by atoms with Crippen molar-refractivity contribution in [3.63, 3.8) is 0 Å². The molecule has 2 aromatic heterocycles. The third kappa shape index (κ3) is 1.04. The first-order chi connectivity index (χ1) is 7.36. The Balaban J connectivity index is 2.40. The predicted molar refractivity (Wildman–Crippen MR) is 50.0 cm³/mol. The summed E-state index contributed by atoms with van der Waals surface area (Å²) in [6, 6.07) is 1.71. The van der Waals surface area contributed by atoms with E-state index in [-0.39, 0.29) is 5.49 Å². The van der Waals surface area contributed by atoms with E-state index >= 15 is 0 Å². The number of aromatic nitrogens is 5. The van der Waals surface area contributed by atoms with Crippen molar-refractivity contribution in [2.75, 3.05) is 10.9 Å². The van der Waals surface area contributed by atoms with Crippen molar-refractivity contribution in [1.82, 2.24) is 25.0 Å². The first kappa shape index (κ1) is 7.85. The van der Waals surface area contributed by atoms with E-state index in [1.54, 1.807) is 10.7 Å². The molecule has 0 fully saturated rings. The number of hydrazine groups is 1. The molecule has 1 aliphatic rings. The molecule has 8 heteroatoms. The Morgan fingerprint density at radius 1 is 1.33 bits per heavy atom. The van der Waals surface area contributed by atoms with E-state index in [2.05, 4.69) is 31.1 Å². The van der Waals surface area contributed by atoms with Gasteiger partial charge in [-0.2, -0.15) is 19.9 Å². The maximum Gasteiger partial charge on any atom is 0.245 e. The number of hydrogen-bond donors (Lipinski definition) is 3. The molecule has 0 radical (unpaired) electrons. The lowest BCUT2D eigenvalue weighted by Gasteiger charge is -2.17. The van der Waals surface area contributed by atoms with Crippen molar-refractivity contribution in [2.45, 2.75) is 0 Å². The highest BCUT2D eigenvalue weighted by atomic mass is 15.5. The molecule has 0 unspecified atom stereocenters. The molecule has 0 saturated heterocycles. The Morgan fingerprint density at radius 2 is 2.27 bits per heavy atom. The van der Waals surface area contributed by atoms with Crippen LogP contribution in [0, 0.1) is 5.41 Å². The molecule has 0 aromatic carbocycles. The molecule has 3 rings (SSSR count). The van der Waals surface area contributed by atoms with Crippen LogP contribution < -0.4 is 16.3 Å². The van der Waals surface area contributed by atoms with Crippen LogP contribution in [0.15, 0.2) is 18.6 Å². The van der Waals surface area contributed by atoms with Crippen LogP contribution in [0.1, 0.15) is 0 Å². The minimum atomic E-state index is 0.0450. The molecule has 0 saturated carbocycles. The lowest BCUT2D eigenvalue weighted by molar-refractivity contribution is 0.865. The monoisotopic (exact) mass is 202 g/mol. The van der Waals surface area contributed by atoms with E-state index in [1.165, 1.54) is 12.5 Å². The summed E-state index contributed by atoms with van der Waals surface area (Å²) in [6.07, 6.45) is 2.94. The predicted octanol–water partition coefficient (Wildman–Crippen LogP) is -0.711. The topological polar surface area (TPSA) is 104 Å². The van der Waals surface area contributed by atoms with E-state index in [9.17, 15) is 0 Å². The van der Waals surface area contributed by atoms with Crippen molar-refractivity contribution < 1.29 is 0 Å². The first-order valence-corrected chi connectivity index (χ1v) is 4.19. The molecule has 8 nitrogen and oxygen atoms in total. The fourth-order valence-corrected chi connectivity index (χ4v) is 1.37. The minimum absolute atomic E-state index is 0.0450. The summed E-state index contributed by atoms with van der Waals surface area (Å²) in [4.78, 5) is 3.98. The van der Waals surface area contributed by atoms with Gasteiger partial charge in [-0.15, -0.1) is 5.10 Å². The maximum absolute atomic E-state index is 7.63. The summed E-state index contributed by atoms with van der Waals surface area (Å²) in [6.45, 7) is 0. The molecule has 3 heterocycles. The van der Waals surface area contributed by atoms with Crippen molar-refractivity contribution in [1.29, 1.82) is 5.41 Å². The smallest absolute Gasteiger partial charge is 0.245 e. The van der Waals surface area contributed by atoms with Crippen LogP contribution in [0.2, 0.25) is 0 Å². The van der Waals surface area contributed by atoms with Gasteiger partial charge in [-0.1, -0.05) is 0 Å². The van der Waals surface area contributed by atoms with E-state index in [4.69, 9.17) is 5.41 Å². The summed E-state index contributed by atoms with van der Waals surface area (Å²) in [7, 11) is 0. The van der Waals surface area contributed by atoms with Gasteiger partial charge >= 0.3 is 0 Å². The normalized spacial score (nSPS) is 12.0. The Kier molecular flexibility index (Phi) is 1.43. The van der Waals surface area contributed by atoms with Crippen LogP contribution in [-0.4, -0.2) is 25.0 Å². The molecule has 0 spiro atoms. The minimum Gasteiger partial charge on any atom is -0.293 e. The van der Waals surface area contributed by atoms with Crippen LogP contribution in [-0.2, 0) is 0 Å². The fraction of sp³-hybridized carbons (Fsp3) is 0. The zero-order valence-electron chi connectivity index (χ0n) is 7.47. The van der Waals surface area contributed by atoms with Gasteiger partial charge in [0.1, 0.15) is 12.0 Å². The largest absolute Gasteiger partial charge is 0.293 e. The van der Waals surface area contributed by atoms with Crippen LogP contribution in [0.25, 0.3) is 5.69 Å². The third-order valence-corrected chi connectivity index (χ3v) is 2.02. The summed E-state index contributed by atoms with van der Waals surface area (Å²) < 4.78 is 1.58. The number of rotatable bonds is 0. The van der Waals surface area contributed by atoms with Gasteiger partial charge in [-0.05, 0) is 6.07 Å². The molecule has 0 amide bonds. The second-order valence-electron chi connectivity index (χ2n) is 2.89. The maximum atomic E-state index is 7.63. The lowest BCUT2D eigenvalue weighted by Crippen LogP contribution is -2.25. The summed E-state index contributed by atoms with van der Waals surface area (Å²) >= 11 is 0. The number of anilines is 2. The first-order valence-electron chi connectivity index (χ1n) is 4.19. The van der Waals surface area contributed by atoms with Gasteiger partial charge in [0.15, 0.2) is 5.49 Å². The van der Waals surface area contributed by atoms with Crippen LogP contribution in [0.4, 0.5) is 11.6 Å². The Labute approximate surface area is 83.5 Å². The molecular formula is C7H6N8. The molecule has 1 aliphatic heterocycles. The van der Waals surface area contributed by atoms with Gasteiger partial charge in [0.05, 0.1) is 11.9 Å². The van der Waals surface area contributed by atoms with Gasteiger partial charge < -0.3 is 0 Å². The average Bonchev–Trinajstić information content (AvgIpc) is 2.64. The molecular weight excluding hydrogens is 196 g/mol. The average molecular weight is 202 g/mol. The van der Waals surface area contributed by atoms with Crippen LogP contribution >= 0.6 is 0 Å². The standard InChI is InChI=1S/C7H6N8/c8-6-5-4(1-2-10-13-6)15-7(14-12-5)9-3-11-15/h1-3,8,12H,(H,9,11,14). The lowest BCUT2D eigenvalue weighted by atomic mass is 10.3. The van der Waals surface area contributed by atoms with Gasteiger partial charge in [0, 0.05) is 0 Å². The molecule has 0 atom stereocenters. The summed E-state index contributed by atoms with van der Waals surface area (Å²) in [5, 5.41) is 19.0. The number of hydrogen-bond acceptors (Lipinski definition) is 7. The highest BCUT2D eigenvalue weighted by Crippen LogP contribution is 2.20. The Bertz CT molecular complexity index is 573. The zero-order valence-corrected chi connectivity index (χ0v) is 7.47. The van der Waals surface area contributed by atoms with Gasteiger partial charge in [0.2, 0.25) is 5.95 Å². The van der Waals surface area contributed by atoms with E-state index < -0.39 is 0 Å². The van der Waals surface area contributed by atoms with Crippen molar-refractivity contribution >= 4 is 11.6 Å². The number of nitrogens with zero attached hydrogens (tertiary/aromatic N) is 5. The molecule has 3 N–H and O–H groups in total. The highest BCUT2D eigenvalue weighted by Gasteiger charge is 2.16. The van der Waals surface area contributed by atoms with Gasteiger partial charge in [0.25, 0.3) is 0 Å². The molecule has 74 valence electrons. The molecule has 2 aromatic rings. The van der Waals surface area contributed by atoms with Crippen molar-refractivity contribution in [2.24, 2.45) is 0 Å². The van der Waals surface area contributed by atoms with Crippen molar-refractivity contribution in [3.8, 4) is 5.69 Å². The van der Waals surface area contributed by atoms with Crippen molar-refractivity contribution in [3.05, 3.63) is 24.1 Å².